The summed E-state index contributed by atoms with van der Waals surface area (Å²) in [4.78, 5) is 33.4. The van der Waals surface area contributed by atoms with E-state index in [2.05, 4.69) is 4.74 Å². The molecule has 0 saturated carbocycles. The lowest BCUT2D eigenvalue weighted by molar-refractivity contribution is -0.144. The van der Waals surface area contributed by atoms with Crippen molar-refractivity contribution >= 4 is 17.7 Å². The van der Waals surface area contributed by atoms with Crippen LogP contribution in [0.15, 0.2) is 23.8 Å². The van der Waals surface area contributed by atoms with Crippen LogP contribution in [-0.4, -0.2) is 30.9 Å². The average molecular weight is 280 g/mol. The third kappa shape index (κ3) is 5.82. The minimum Gasteiger partial charge on any atom is -0.469 e. The zero-order chi connectivity index (χ0) is 15.0. The fourth-order valence-electron chi connectivity index (χ4n) is 1.98. The standard InChI is InChI=1S/C15H20O5/c1-11(16)20-13-9-12(14(17)10-13)7-5-3-4-6-8-15(18)19-2/h3-4,9,13H,5-8,10H2,1-2H3/b4-3-. The number of ether oxygens (including phenoxy) is 2. The van der Waals surface area contributed by atoms with Gasteiger partial charge in [-0.05, 0) is 30.9 Å². The van der Waals surface area contributed by atoms with Crippen LogP contribution < -0.4 is 0 Å². The number of hydrogen-bond donors (Lipinski definition) is 0. The summed E-state index contributed by atoms with van der Waals surface area (Å²) >= 11 is 0. The van der Waals surface area contributed by atoms with Gasteiger partial charge in [0, 0.05) is 13.3 Å². The van der Waals surface area contributed by atoms with Gasteiger partial charge in [0.2, 0.25) is 0 Å². The van der Waals surface area contributed by atoms with Gasteiger partial charge in [-0.1, -0.05) is 12.2 Å². The fourth-order valence-corrected chi connectivity index (χ4v) is 1.98. The Labute approximate surface area is 118 Å². The Morgan fingerprint density at radius 2 is 2.05 bits per heavy atom. The van der Waals surface area contributed by atoms with Crippen molar-refractivity contribution in [3.63, 3.8) is 0 Å². The summed E-state index contributed by atoms with van der Waals surface area (Å²) in [5.74, 6) is -0.560. The van der Waals surface area contributed by atoms with Gasteiger partial charge in [0.15, 0.2) is 5.78 Å². The molecule has 20 heavy (non-hydrogen) atoms. The maximum Gasteiger partial charge on any atom is 0.305 e. The molecule has 5 nitrogen and oxygen atoms in total. The smallest absolute Gasteiger partial charge is 0.305 e. The number of rotatable bonds is 7. The van der Waals surface area contributed by atoms with Crippen molar-refractivity contribution in [2.45, 2.75) is 45.1 Å². The van der Waals surface area contributed by atoms with Gasteiger partial charge in [0.1, 0.15) is 6.10 Å². The van der Waals surface area contributed by atoms with E-state index in [1.807, 2.05) is 12.2 Å². The molecule has 0 aromatic heterocycles. The van der Waals surface area contributed by atoms with Crippen molar-refractivity contribution in [1.29, 1.82) is 0 Å². The average Bonchev–Trinajstić information content (AvgIpc) is 2.72. The van der Waals surface area contributed by atoms with Crippen LogP contribution in [0.3, 0.4) is 0 Å². The fraction of sp³-hybridized carbons (Fsp3) is 0.533. The molecule has 0 bridgehead atoms. The zero-order valence-electron chi connectivity index (χ0n) is 11.9. The quantitative estimate of drug-likeness (QED) is 0.527. The second kappa shape index (κ2) is 8.30. The lowest BCUT2D eigenvalue weighted by atomic mass is 10.1. The minimum atomic E-state index is -0.404. The first-order valence-electron chi connectivity index (χ1n) is 6.66. The van der Waals surface area contributed by atoms with Crippen molar-refractivity contribution in [2.75, 3.05) is 7.11 Å². The normalized spacial score (nSPS) is 18.2. The van der Waals surface area contributed by atoms with Crippen LogP contribution in [0, 0.1) is 0 Å². The number of methoxy groups -OCH3 is 1. The van der Waals surface area contributed by atoms with Crippen molar-refractivity contribution in [1.82, 2.24) is 0 Å². The summed E-state index contributed by atoms with van der Waals surface area (Å²) in [6.45, 7) is 1.33. The third-order valence-electron chi connectivity index (χ3n) is 2.94. The Morgan fingerprint density at radius 1 is 1.35 bits per heavy atom. The number of Topliss-reactive ketones (excluding diaryl/α,β-unsaturated/α-hetero) is 1. The predicted molar refractivity (Wildman–Crippen MR) is 72.9 cm³/mol. The molecule has 0 saturated heterocycles. The van der Waals surface area contributed by atoms with Gasteiger partial charge in [0.25, 0.3) is 0 Å². The first-order valence-corrected chi connectivity index (χ1v) is 6.66. The molecule has 1 atom stereocenters. The second-order valence-corrected chi connectivity index (χ2v) is 4.59. The van der Waals surface area contributed by atoms with Crippen LogP contribution in [0.4, 0.5) is 0 Å². The van der Waals surface area contributed by atoms with Gasteiger partial charge in [-0.25, -0.2) is 0 Å². The summed E-state index contributed by atoms with van der Waals surface area (Å²) in [6.07, 6.45) is 7.78. The summed E-state index contributed by atoms with van der Waals surface area (Å²) in [5.41, 5.74) is 0.717. The van der Waals surface area contributed by atoms with Gasteiger partial charge in [-0.2, -0.15) is 0 Å². The van der Waals surface area contributed by atoms with Crippen LogP contribution in [-0.2, 0) is 23.9 Å². The Balaban J connectivity index is 2.27. The van der Waals surface area contributed by atoms with E-state index < -0.39 is 6.10 Å². The summed E-state index contributed by atoms with van der Waals surface area (Å²) in [7, 11) is 1.36. The lowest BCUT2D eigenvalue weighted by Crippen LogP contribution is -2.12. The minimum absolute atomic E-state index is 0.0409. The molecule has 0 fully saturated rings. The van der Waals surface area contributed by atoms with E-state index in [1.54, 1.807) is 6.08 Å². The molecule has 110 valence electrons. The molecule has 0 heterocycles. The van der Waals surface area contributed by atoms with Crippen LogP contribution in [0.5, 0.6) is 0 Å². The first kappa shape index (κ1) is 16.1. The molecule has 1 rings (SSSR count). The molecule has 0 aromatic carbocycles. The van der Waals surface area contributed by atoms with E-state index in [-0.39, 0.29) is 24.1 Å². The van der Waals surface area contributed by atoms with E-state index in [0.29, 0.717) is 24.8 Å². The van der Waals surface area contributed by atoms with E-state index in [1.165, 1.54) is 14.0 Å². The zero-order valence-corrected chi connectivity index (χ0v) is 11.9. The molecule has 0 spiro atoms. The van der Waals surface area contributed by atoms with Crippen molar-refractivity contribution < 1.29 is 23.9 Å². The van der Waals surface area contributed by atoms with Gasteiger partial charge < -0.3 is 9.47 Å². The van der Waals surface area contributed by atoms with Crippen LogP contribution >= 0.6 is 0 Å². The Bertz CT molecular complexity index is 434. The van der Waals surface area contributed by atoms with Crippen LogP contribution in [0.1, 0.15) is 39.0 Å². The highest BCUT2D eigenvalue weighted by Gasteiger charge is 2.25. The second-order valence-electron chi connectivity index (χ2n) is 4.59. The maximum atomic E-state index is 11.7. The van der Waals surface area contributed by atoms with Gasteiger partial charge >= 0.3 is 11.9 Å². The maximum absolute atomic E-state index is 11.7. The molecule has 0 aliphatic heterocycles. The number of hydrogen-bond acceptors (Lipinski definition) is 5. The molecule has 0 amide bonds. The molecule has 0 radical (unpaired) electrons. The number of carbonyl (C=O) groups is 3. The highest BCUT2D eigenvalue weighted by molar-refractivity contribution is 5.98. The van der Waals surface area contributed by atoms with Crippen LogP contribution in [0.25, 0.3) is 0 Å². The first-order chi connectivity index (χ1) is 9.52. The molecule has 5 heteroatoms. The number of allylic oxidation sites excluding steroid dienone is 3. The van der Waals surface area contributed by atoms with E-state index >= 15 is 0 Å². The number of ketones is 1. The van der Waals surface area contributed by atoms with E-state index in [0.717, 1.165) is 6.42 Å². The molecular weight excluding hydrogens is 260 g/mol. The van der Waals surface area contributed by atoms with Gasteiger partial charge in [0.05, 0.1) is 13.5 Å². The Hall–Kier alpha value is -1.91. The highest BCUT2D eigenvalue weighted by Crippen LogP contribution is 2.21. The van der Waals surface area contributed by atoms with Gasteiger partial charge in [-0.3, -0.25) is 14.4 Å². The molecule has 1 aliphatic rings. The highest BCUT2D eigenvalue weighted by atomic mass is 16.5. The number of esters is 2. The van der Waals surface area contributed by atoms with Crippen LogP contribution in [0.2, 0.25) is 0 Å². The van der Waals surface area contributed by atoms with Crippen molar-refractivity contribution in [3.05, 3.63) is 23.8 Å². The largest absolute Gasteiger partial charge is 0.469 e. The van der Waals surface area contributed by atoms with E-state index in [9.17, 15) is 14.4 Å². The molecular formula is C15H20O5. The molecule has 0 aromatic rings. The third-order valence-corrected chi connectivity index (χ3v) is 2.94. The Morgan fingerprint density at radius 3 is 2.70 bits per heavy atom. The topological polar surface area (TPSA) is 69.7 Å². The summed E-state index contributed by atoms with van der Waals surface area (Å²) in [5, 5.41) is 0. The molecule has 0 N–H and O–H groups in total. The monoisotopic (exact) mass is 280 g/mol. The molecule has 1 aliphatic carbocycles. The SMILES string of the molecule is COC(=O)CC/C=C\CCC1=CC(OC(C)=O)CC1=O. The van der Waals surface area contributed by atoms with E-state index in [4.69, 9.17) is 4.74 Å². The Kier molecular flexibility index (Phi) is 6.70. The van der Waals surface area contributed by atoms with Crippen molar-refractivity contribution in [2.24, 2.45) is 0 Å². The lowest BCUT2D eigenvalue weighted by Gasteiger charge is -2.05. The summed E-state index contributed by atoms with van der Waals surface area (Å²) < 4.78 is 9.52. The molecule has 1 unspecified atom stereocenters. The predicted octanol–water partition coefficient (Wildman–Crippen LogP) is 2.11. The van der Waals surface area contributed by atoms with Gasteiger partial charge in [-0.15, -0.1) is 0 Å². The summed E-state index contributed by atoms with van der Waals surface area (Å²) in [6, 6.07) is 0. The number of carbonyl (C=O) groups excluding carboxylic acids is 3. The van der Waals surface area contributed by atoms with Crippen molar-refractivity contribution in [3.8, 4) is 0 Å².